The lowest BCUT2D eigenvalue weighted by Crippen LogP contribution is -2.43. The number of carbonyl (C=O) groups excluding carboxylic acids is 1. The van der Waals surface area contributed by atoms with Gasteiger partial charge in [-0.25, -0.2) is 8.42 Å². The number of amides is 1. The Hall–Kier alpha value is -2.58. The van der Waals surface area contributed by atoms with Gasteiger partial charge in [0.05, 0.1) is 20.3 Å². The summed E-state index contributed by atoms with van der Waals surface area (Å²) in [6.07, 6.45) is 0.940. The maximum atomic E-state index is 13.2. The molecule has 1 amide bonds. The van der Waals surface area contributed by atoms with Gasteiger partial charge >= 0.3 is 0 Å². The SMILES string of the molecule is COc1ccccc1[C@H](C)NC(=O)C1CCN(S(=O)(=O)c2cc(C)ccc2OC)CC1. The van der Waals surface area contributed by atoms with Crippen LogP contribution in [0.15, 0.2) is 47.4 Å². The molecule has 8 heteroatoms. The van der Waals surface area contributed by atoms with E-state index in [1.165, 1.54) is 11.4 Å². The predicted octanol–water partition coefficient (Wildman–Crippen LogP) is 3.29. The summed E-state index contributed by atoms with van der Waals surface area (Å²) < 4.78 is 38.4. The van der Waals surface area contributed by atoms with Crippen LogP contribution in [-0.4, -0.2) is 45.9 Å². The Bertz CT molecular complexity index is 1030. The van der Waals surface area contributed by atoms with Crippen LogP contribution in [0.3, 0.4) is 0 Å². The highest BCUT2D eigenvalue weighted by molar-refractivity contribution is 7.89. The van der Waals surface area contributed by atoms with Crippen molar-refractivity contribution in [1.29, 1.82) is 0 Å². The zero-order chi connectivity index (χ0) is 22.6. The first-order valence-corrected chi connectivity index (χ1v) is 11.8. The van der Waals surface area contributed by atoms with E-state index in [2.05, 4.69) is 5.32 Å². The van der Waals surface area contributed by atoms with Gasteiger partial charge in [0.2, 0.25) is 15.9 Å². The summed E-state index contributed by atoms with van der Waals surface area (Å²) in [6, 6.07) is 12.5. The fraction of sp³-hybridized carbons (Fsp3) is 0.435. The van der Waals surface area contributed by atoms with E-state index in [4.69, 9.17) is 9.47 Å². The van der Waals surface area contributed by atoms with Gasteiger partial charge in [0.15, 0.2) is 0 Å². The fourth-order valence-electron chi connectivity index (χ4n) is 3.92. The first kappa shape index (κ1) is 23.1. The third-order valence-corrected chi connectivity index (χ3v) is 7.65. The highest BCUT2D eigenvalue weighted by Gasteiger charge is 2.34. The van der Waals surface area contributed by atoms with Crippen LogP contribution in [-0.2, 0) is 14.8 Å². The summed E-state index contributed by atoms with van der Waals surface area (Å²) in [6.45, 7) is 4.35. The second-order valence-corrected chi connectivity index (χ2v) is 9.71. The van der Waals surface area contributed by atoms with Gasteiger partial charge < -0.3 is 14.8 Å². The molecule has 31 heavy (non-hydrogen) atoms. The lowest BCUT2D eigenvalue weighted by Gasteiger charge is -2.31. The number of benzene rings is 2. The normalized spacial score (nSPS) is 16.5. The van der Waals surface area contributed by atoms with E-state index in [9.17, 15) is 13.2 Å². The molecule has 2 aromatic rings. The van der Waals surface area contributed by atoms with Crippen LogP contribution in [0.5, 0.6) is 11.5 Å². The Kier molecular flexibility index (Phi) is 7.23. The monoisotopic (exact) mass is 446 g/mol. The van der Waals surface area contributed by atoms with Crippen LogP contribution in [0.1, 0.15) is 36.9 Å². The average molecular weight is 447 g/mol. The van der Waals surface area contributed by atoms with Crippen molar-refractivity contribution in [3.8, 4) is 11.5 Å². The summed E-state index contributed by atoms with van der Waals surface area (Å²) >= 11 is 0. The first-order valence-electron chi connectivity index (χ1n) is 10.4. The second kappa shape index (κ2) is 9.70. The number of nitrogens with zero attached hydrogens (tertiary/aromatic N) is 1. The highest BCUT2D eigenvalue weighted by Crippen LogP contribution is 2.31. The van der Waals surface area contributed by atoms with Crippen molar-refractivity contribution in [2.45, 2.75) is 37.6 Å². The molecule has 168 valence electrons. The molecule has 0 aliphatic carbocycles. The zero-order valence-corrected chi connectivity index (χ0v) is 19.2. The summed E-state index contributed by atoms with van der Waals surface area (Å²) in [7, 11) is -0.626. The van der Waals surface area contributed by atoms with Crippen molar-refractivity contribution >= 4 is 15.9 Å². The second-order valence-electron chi connectivity index (χ2n) is 7.80. The number of hydrogen-bond donors (Lipinski definition) is 1. The largest absolute Gasteiger partial charge is 0.496 e. The Morgan fingerprint density at radius 2 is 1.71 bits per heavy atom. The van der Waals surface area contributed by atoms with E-state index < -0.39 is 10.0 Å². The van der Waals surface area contributed by atoms with Crippen LogP contribution >= 0.6 is 0 Å². The van der Waals surface area contributed by atoms with E-state index in [1.54, 1.807) is 19.2 Å². The van der Waals surface area contributed by atoms with Crippen LogP contribution in [0.4, 0.5) is 0 Å². The Labute approximate surface area is 184 Å². The number of sulfonamides is 1. The molecule has 1 aliphatic heterocycles. The summed E-state index contributed by atoms with van der Waals surface area (Å²) in [5.74, 6) is 0.756. The molecule has 0 unspecified atom stereocenters. The van der Waals surface area contributed by atoms with Crippen molar-refractivity contribution in [2.75, 3.05) is 27.3 Å². The Morgan fingerprint density at radius 3 is 2.35 bits per heavy atom. The van der Waals surface area contributed by atoms with Gasteiger partial charge in [0.25, 0.3) is 0 Å². The molecule has 3 rings (SSSR count). The predicted molar refractivity (Wildman–Crippen MR) is 119 cm³/mol. The topological polar surface area (TPSA) is 84.9 Å². The minimum absolute atomic E-state index is 0.0661. The molecule has 0 radical (unpaired) electrons. The van der Waals surface area contributed by atoms with E-state index in [0.29, 0.717) is 31.7 Å². The van der Waals surface area contributed by atoms with Gasteiger partial charge in [-0.15, -0.1) is 0 Å². The van der Waals surface area contributed by atoms with Crippen LogP contribution in [0.25, 0.3) is 0 Å². The van der Waals surface area contributed by atoms with Gasteiger partial charge in [0, 0.05) is 24.6 Å². The van der Waals surface area contributed by atoms with Crippen LogP contribution in [0, 0.1) is 12.8 Å². The van der Waals surface area contributed by atoms with E-state index in [-0.39, 0.29) is 22.8 Å². The molecule has 1 heterocycles. The number of hydrogen-bond acceptors (Lipinski definition) is 5. The highest BCUT2D eigenvalue weighted by atomic mass is 32.2. The van der Waals surface area contributed by atoms with E-state index >= 15 is 0 Å². The maximum Gasteiger partial charge on any atom is 0.246 e. The fourth-order valence-corrected chi connectivity index (χ4v) is 5.63. The van der Waals surface area contributed by atoms with Crippen molar-refractivity contribution in [2.24, 2.45) is 5.92 Å². The summed E-state index contributed by atoms with van der Waals surface area (Å²) in [5.41, 5.74) is 1.75. The summed E-state index contributed by atoms with van der Waals surface area (Å²) in [4.78, 5) is 13.0. The van der Waals surface area contributed by atoms with Gasteiger partial charge in [-0.3, -0.25) is 4.79 Å². The van der Waals surface area contributed by atoms with Crippen LogP contribution in [0.2, 0.25) is 0 Å². The minimum atomic E-state index is -3.69. The van der Waals surface area contributed by atoms with Gasteiger partial charge in [-0.05, 0) is 50.5 Å². The number of para-hydroxylation sites is 1. The number of carbonyl (C=O) groups is 1. The standard InChI is InChI=1S/C23H30N2O5S/c1-16-9-10-21(30-4)22(15-16)31(27,28)25-13-11-18(12-14-25)23(26)24-17(2)19-7-5-6-8-20(19)29-3/h5-10,15,17-18H,11-14H2,1-4H3,(H,24,26)/t17-/m0/s1. The third kappa shape index (κ3) is 5.02. The van der Waals surface area contributed by atoms with Crippen molar-refractivity contribution in [1.82, 2.24) is 9.62 Å². The van der Waals surface area contributed by atoms with Crippen LogP contribution < -0.4 is 14.8 Å². The molecule has 7 nitrogen and oxygen atoms in total. The van der Waals surface area contributed by atoms with E-state index in [1.807, 2.05) is 44.2 Å². The molecule has 1 fully saturated rings. The smallest absolute Gasteiger partial charge is 0.246 e. The van der Waals surface area contributed by atoms with Crippen molar-refractivity contribution in [3.05, 3.63) is 53.6 Å². The molecular formula is C23H30N2O5S. The molecule has 1 N–H and O–H groups in total. The number of rotatable bonds is 7. The molecule has 0 saturated carbocycles. The number of nitrogens with one attached hydrogen (secondary N) is 1. The molecule has 0 aromatic heterocycles. The van der Waals surface area contributed by atoms with Crippen molar-refractivity contribution < 1.29 is 22.7 Å². The maximum absolute atomic E-state index is 13.2. The molecule has 1 aliphatic rings. The molecular weight excluding hydrogens is 416 g/mol. The number of aryl methyl sites for hydroxylation is 1. The zero-order valence-electron chi connectivity index (χ0n) is 18.4. The molecule has 1 atom stereocenters. The number of methoxy groups -OCH3 is 2. The molecule has 0 bridgehead atoms. The van der Waals surface area contributed by atoms with Crippen molar-refractivity contribution in [3.63, 3.8) is 0 Å². The average Bonchev–Trinajstić information content (AvgIpc) is 2.79. The molecule has 0 spiro atoms. The van der Waals surface area contributed by atoms with Gasteiger partial charge in [-0.1, -0.05) is 24.3 Å². The number of piperidine rings is 1. The van der Waals surface area contributed by atoms with Gasteiger partial charge in [0.1, 0.15) is 16.4 Å². The molecule has 1 saturated heterocycles. The lowest BCUT2D eigenvalue weighted by atomic mass is 9.96. The lowest BCUT2D eigenvalue weighted by molar-refractivity contribution is -0.126. The summed E-state index contributed by atoms with van der Waals surface area (Å²) in [5, 5.41) is 3.04. The minimum Gasteiger partial charge on any atom is -0.496 e. The van der Waals surface area contributed by atoms with E-state index in [0.717, 1.165) is 16.9 Å². The first-order chi connectivity index (χ1) is 14.8. The third-order valence-electron chi connectivity index (χ3n) is 5.73. The Balaban J connectivity index is 1.65. The molecule has 2 aromatic carbocycles. The number of ether oxygens (including phenoxy) is 2. The Morgan fingerprint density at radius 1 is 1.06 bits per heavy atom. The quantitative estimate of drug-likeness (QED) is 0.706. The van der Waals surface area contributed by atoms with Gasteiger partial charge in [-0.2, -0.15) is 4.31 Å².